The van der Waals surface area contributed by atoms with Crippen molar-refractivity contribution in [1.82, 2.24) is 9.97 Å². The Morgan fingerprint density at radius 1 is 1.05 bits per heavy atom. The highest BCUT2D eigenvalue weighted by atomic mass is 15.1. The molecule has 0 aliphatic heterocycles. The van der Waals surface area contributed by atoms with Crippen LogP contribution in [-0.4, -0.2) is 9.97 Å². The number of nitrogens with one attached hydrogen (secondary N) is 1. The van der Waals surface area contributed by atoms with Crippen molar-refractivity contribution < 1.29 is 0 Å². The third-order valence-electron chi connectivity index (χ3n) is 3.17. The fraction of sp³-hybridized carbons (Fsp3) is 0.333. The van der Waals surface area contributed by atoms with E-state index in [0.29, 0.717) is 5.82 Å². The lowest BCUT2D eigenvalue weighted by Gasteiger charge is -2.11. The molecule has 0 radical (unpaired) electrons. The lowest BCUT2D eigenvalue weighted by Crippen LogP contribution is -2.06. The van der Waals surface area contributed by atoms with Crippen molar-refractivity contribution in [2.24, 2.45) is 0 Å². The third-order valence-corrected chi connectivity index (χ3v) is 3.17. The van der Waals surface area contributed by atoms with Crippen molar-refractivity contribution in [1.29, 1.82) is 0 Å². The molecule has 19 heavy (non-hydrogen) atoms. The second kappa shape index (κ2) is 5.69. The zero-order valence-corrected chi connectivity index (χ0v) is 11.7. The van der Waals surface area contributed by atoms with E-state index in [-0.39, 0.29) is 0 Å². The highest BCUT2D eigenvalue weighted by Gasteiger charge is 2.08. The Morgan fingerprint density at radius 3 is 2.32 bits per heavy atom. The van der Waals surface area contributed by atoms with E-state index in [9.17, 15) is 0 Å². The number of nitrogen functional groups attached to an aromatic ring is 1. The molecular formula is C15H20N4. The molecule has 0 saturated heterocycles. The van der Waals surface area contributed by atoms with Crippen molar-refractivity contribution in [3.63, 3.8) is 0 Å². The van der Waals surface area contributed by atoms with Gasteiger partial charge in [-0.25, -0.2) is 9.97 Å². The first kappa shape index (κ1) is 13.3. The SMILES string of the molecule is CCc1ccc(Nc2nc(CC)nc(N)c2C)cc1. The summed E-state index contributed by atoms with van der Waals surface area (Å²) < 4.78 is 0. The molecule has 3 N–H and O–H groups in total. The van der Waals surface area contributed by atoms with Crippen molar-refractivity contribution in [3.05, 3.63) is 41.2 Å². The number of aromatic nitrogens is 2. The summed E-state index contributed by atoms with van der Waals surface area (Å²) in [5.41, 5.74) is 9.12. The van der Waals surface area contributed by atoms with Gasteiger partial charge < -0.3 is 11.1 Å². The molecular weight excluding hydrogens is 236 g/mol. The molecule has 100 valence electrons. The van der Waals surface area contributed by atoms with E-state index in [4.69, 9.17) is 5.73 Å². The molecule has 1 aromatic carbocycles. The maximum absolute atomic E-state index is 5.91. The van der Waals surface area contributed by atoms with Gasteiger partial charge in [0.1, 0.15) is 17.5 Å². The normalized spacial score (nSPS) is 10.5. The quantitative estimate of drug-likeness (QED) is 0.881. The maximum atomic E-state index is 5.91. The Bertz CT molecular complexity index is 561. The number of nitrogens with zero attached hydrogens (tertiary/aromatic N) is 2. The molecule has 0 fully saturated rings. The molecule has 1 aromatic heterocycles. The first-order valence-corrected chi connectivity index (χ1v) is 6.63. The summed E-state index contributed by atoms with van der Waals surface area (Å²) >= 11 is 0. The molecule has 1 heterocycles. The summed E-state index contributed by atoms with van der Waals surface area (Å²) in [6, 6.07) is 8.34. The van der Waals surface area contributed by atoms with Crippen LogP contribution in [0.25, 0.3) is 0 Å². The van der Waals surface area contributed by atoms with Crippen molar-refractivity contribution >= 4 is 17.3 Å². The zero-order valence-electron chi connectivity index (χ0n) is 11.7. The minimum absolute atomic E-state index is 0.541. The number of nitrogens with two attached hydrogens (primary N) is 1. The fourth-order valence-corrected chi connectivity index (χ4v) is 1.82. The van der Waals surface area contributed by atoms with E-state index >= 15 is 0 Å². The number of anilines is 3. The second-order valence-corrected chi connectivity index (χ2v) is 4.53. The van der Waals surface area contributed by atoms with Gasteiger partial charge in [0.05, 0.1) is 0 Å². The van der Waals surface area contributed by atoms with Crippen LogP contribution in [0.5, 0.6) is 0 Å². The molecule has 0 unspecified atom stereocenters. The van der Waals surface area contributed by atoms with Crippen LogP contribution in [0.15, 0.2) is 24.3 Å². The summed E-state index contributed by atoms with van der Waals surface area (Å²) in [5, 5.41) is 3.31. The molecule has 0 spiro atoms. The van der Waals surface area contributed by atoms with Gasteiger partial charge in [0.15, 0.2) is 0 Å². The van der Waals surface area contributed by atoms with Gasteiger partial charge in [-0.1, -0.05) is 26.0 Å². The van der Waals surface area contributed by atoms with Gasteiger partial charge in [0.2, 0.25) is 0 Å². The predicted molar refractivity (Wildman–Crippen MR) is 79.7 cm³/mol. The standard InChI is InChI=1S/C15H20N4/c1-4-11-6-8-12(9-7-11)17-15-10(3)14(16)18-13(5-2)19-15/h6-9H,4-5H2,1-3H3,(H3,16,17,18,19). The average Bonchev–Trinajstić information content (AvgIpc) is 2.44. The minimum atomic E-state index is 0.541. The van der Waals surface area contributed by atoms with E-state index in [1.54, 1.807) is 0 Å². The van der Waals surface area contributed by atoms with Crippen molar-refractivity contribution in [2.45, 2.75) is 33.6 Å². The second-order valence-electron chi connectivity index (χ2n) is 4.53. The molecule has 0 saturated carbocycles. The first-order valence-electron chi connectivity index (χ1n) is 6.63. The Balaban J connectivity index is 2.28. The molecule has 0 aliphatic rings. The molecule has 0 aliphatic carbocycles. The molecule has 2 rings (SSSR count). The summed E-state index contributed by atoms with van der Waals surface area (Å²) in [7, 11) is 0. The molecule has 4 heteroatoms. The van der Waals surface area contributed by atoms with Gasteiger partial charge in [0.25, 0.3) is 0 Å². The smallest absolute Gasteiger partial charge is 0.139 e. The molecule has 0 amide bonds. The molecule has 0 atom stereocenters. The van der Waals surface area contributed by atoms with E-state index < -0.39 is 0 Å². The van der Waals surface area contributed by atoms with Crippen LogP contribution in [-0.2, 0) is 12.8 Å². The highest BCUT2D eigenvalue weighted by Crippen LogP contribution is 2.22. The van der Waals surface area contributed by atoms with Gasteiger partial charge in [0, 0.05) is 17.7 Å². The van der Waals surface area contributed by atoms with Gasteiger partial charge >= 0.3 is 0 Å². The van der Waals surface area contributed by atoms with Crippen LogP contribution in [0, 0.1) is 6.92 Å². The summed E-state index contributed by atoms with van der Waals surface area (Å²) in [4.78, 5) is 8.73. The number of hydrogen-bond donors (Lipinski definition) is 2. The summed E-state index contributed by atoms with van der Waals surface area (Å²) in [5.74, 6) is 2.09. The van der Waals surface area contributed by atoms with Crippen molar-refractivity contribution in [2.75, 3.05) is 11.1 Å². The Morgan fingerprint density at radius 2 is 1.74 bits per heavy atom. The fourth-order valence-electron chi connectivity index (χ4n) is 1.82. The van der Waals surface area contributed by atoms with Gasteiger partial charge in [-0.05, 0) is 31.0 Å². The molecule has 4 nitrogen and oxygen atoms in total. The third kappa shape index (κ3) is 3.02. The monoisotopic (exact) mass is 256 g/mol. The van der Waals surface area contributed by atoms with E-state index in [2.05, 4.69) is 46.5 Å². The first-order chi connectivity index (χ1) is 9.13. The van der Waals surface area contributed by atoms with Crippen LogP contribution in [0.4, 0.5) is 17.3 Å². The minimum Gasteiger partial charge on any atom is -0.383 e. The van der Waals surface area contributed by atoms with Crippen molar-refractivity contribution in [3.8, 4) is 0 Å². The lowest BCUT2D eigenvalue weighted by molar-refractivity contribution is 0.940. The number of rotatable bonds is 4. The zero-order chi connectivity index (χ0) is 13.8. The molecule has 0 bridgehead atoms. The summed E-state index contributed by atoms with van der Waals surface area (Å²) in [6.07, 6.45) is 1.81. The van der Waals surface area contributed by atoms with Crippen LogP contribution < -0.4 is 11.1 Å². The van der Waals surface area contributed by atoms with Crippen LogP contribution >= 0.6 is 0 Å². The Kier molecular flexibility index (Phi) is 4.00. The largest absolute Gasteiger partial charge is 0.383 e. The van der Waals surface area contributed by atoms with Gasteiger partial charge in [-0.15, -0.1) is 0 Å². The topological polar surface area (TPSA) is 63.8 Å². The van der Waals surface area contributed by atoms with E-state index in [0.717, 1.165) is 35.7 Å². The highest BCUT2D eigenvalue weighted by molar-refractivity contribution is 5.63. The summed E-state index contributed by atoms with van der Waals surface area (Å²) in [6.45, 7) is 6.09. The number of aryl methyl sites for hydroxylation is 2. The van der Waals surface area contributed by atoms with Gasteiger partial charge in [-0.2, -0.15) is 0 Å². The average molecular weight is 256 g/mol. The van der Waals surface area contributed by atoms with Crippen LogP contribution in [0.3, 0.4) is 0 Å². The number of hydrogen-bond acceptors (Lipinski definition) is 4. The van der Waals surface area contributed by atoms with Crippen LogP contribution in [0.1, 0.15) is 30.8 Å². The van der Waals surface area contributed by atoms with Crippen LogP contribution in [0.2, 0.25) is 0 Å². The molecule has 2 aromatic rings. The maximum Gasteiger partial charge on any atom is 0.139 e. The predicted octanol–water partition coefficient (Wildman–Crippen LogP) is 3.24. The Hall–Kier alpha value is -2.10. The van der Waals surface area contributed by atoms with E-state index in [1.807, 2.05) is 13.8 Å². The lowest BCUT2D eigenvalue weighted by atomic mass is 10.1. The van der Waals surface area contributed by atoms with Gasteiger partial charge in [-0.3, -0.25) is 0 Å². The van der Waals surface area contributed by atoms with E-state index in [1.165, 1.54) is 5.56 Å². The number of benzene rings is 1. The Labute approximate surface area is 114 Å².